The number of nitrogens with zero attached hydrogens (tertiary/aromatic N) is 1. The molecule has 1 saturated heterocycles. The zero-order valence-corrected chi connectivity index (χ0v) is 16.8. The molecule has 29 heavy (non-hydrogen) atoms. The van der Waals surface area contributed by atoms with Gasteiger partial charge in [0, 0.05) is 19.5 Å². The van der Waals surface area contributed by atoms with Crippen molar-refractivity contribution in [3.05, 3.63) is 23.8 Å². The number of aryl methyl sites for hydroxylation is 1. The second-order valence-corrected chi connectivity index (χ2v) is 7.17. The SMILES string of the molecule is CCOC(=O)C1CCN(C(=O)C(C)OC(=O)CCc2ccc3c(c2)OCO3)CC1. The molecule has 0 aromatic heterocycles. The predicted molar refractivity (Wildman–Crippen MR) is 102 cm³/mol. The maximum absolute atomic E-state index is 12.5. The predicted octanol–water partition coefficient (Wildman–Crippen LogP) is 2.08. The second-order valence-electron chi connectivity index (χ2n) is 7.17. The third-order valence-corrected chi connectivity index (χ3v) is 5.14. The minimum Gasteiger partial charge on any atom is -0.466 e. The van der Waals surface area contributed by atoms with Crippen LogP contribution >= 0.6 is 0 Å². The second kappa shape index (κ2) is 9.62. The summed E-state index contributed by atoms with van der Waals surface area (Å²) < 4.78 is 20.9. The molecule has 8 nitrogen and oxygen atoms in total. The largest absolute Gasteiger partial charge is 0.466 e. The Morgan fingerprint density at radius 3 is 2.62 bits per heavy atom. The molecule has 1 amide bonds. The van der Waals surface area contributed by atoms with Crippen molar-refractivity contribution in [3.63, 3.8) is 0 Å². The van der Waals surface area contributed by atoms with Crippen molar-refractivity contribution < 1.29 is 33.3 Å². The average Bonchev–Trinajstić information content (AvgIpc) is 3.20. The summed E-state index contributed by atoms with van der Waals surface area (Å²) in [5, 5.41) is 0. The van der Waals surface area contributed by atoms with E-state index >= 15 is 0 Å². The van der Waals surface area contributed by atoms with Crippen molar-refractivity contribution in [2.75, 3.05) is 26.5 Å². The quantitative estimate of drug-likeness (QED) is 0.642. The Labute approximate surface area is 170 Å². The Morgan fingerprint density at radius 2 is 1.90 bits per heavy atom. The first-order valence-electron chi connectivity index (χ1n) is 10.0. The Balaban J connectivity index is 1.41. The van der Waals surface area contributed by atoms with Gasteiger partial charge in [-0.1, -0.05) is 6.07 Å². The highest BCUT2D eigenvalue weighted by Gasteiger charge is 2.31. The maximum atomic E-state index is 12.5. The van der Waals surface area contributed by atoms with E-state index in [1.54, 1.807) is 18.7 Å². The number of esters is 2. The summed E-state index contributed by atoms with van der Waals surface area (Å²) in [6.07, 6.45) is 0.937. The van der Waals surface area contributed by atoms with Crippen molar-refractivity contribution >= 4 is 17.8 Å². The minimum absolute atomic E-state index is 0.168. The lowest BCUT2D eigenvalue weighted by Gasteiger charge is -2.32. The van der Waals surface area contributed by atoms with Crippen molar-refractivity contribution in [1.29, 1.82) is 0 Å². The number of carbonyl (C=O) groups excluding carboxylic acids is 3. The number of ether oxygens (including phenoxy) is 4. The minimum atomic E-state index is -0.849. The molecule has 1 fully saturated rings. The molecule has 0 aliphatic carbocycles. The molecule has 1 atom stereocenters. The summed E-state index contributed by atoms with van der Waals surface area (Å²) in [4.78, 5) is 38.1. The van der Waals surface area contributed by atoms with Gasteiger partial charge in [-0.15, -0.1) is 0 Å². The van der Waals surface area contributed by atoms with E-state index in [4.69, 9.17) is 18.9 Å². The molecule has 2 aliphatic rings. The van der Waals surface area contributed by atoms with E-state index < -0.39 is 12.1 Å². The third-order valence-electron chi connectivity index (χ3n) is 5.14. The number of likely N-dealkylation sites (tertiary alicyclic amines) is 1. The fourth-order valence-corrected chi connectivity index (χ4v) is 3.50. The van der Waals surface area contributed by atoms with Gasteiger partial charge in [0.25, 0.3) is 5.91 Å². The Morgan fingerprint density at radius 1 is 1.17 bits per heavy atom. The van der Waals surface area contributed by atoms with E-state index in [1.807, 2.05) is 18.2 Å². The number of hydrogen-bond acceptors (Lipinski definition) is 7. The van der Waals surface area contributed by atoms with E-state index in [-0.39, 0.29) is 31.0 Å². The molecule has 0 bridgehead atoms. The van der Waals surface area contributed by atoms with Gasteiger partial charge in [0.05, 0.1) is 12.5 Å². The normalized spacial score (nSPS) is 17.0. The van der Waals surface area contributed by atoms with E-state index in [0.717, 1.165) is 5.56 Å². The van der Waals surface area contributed by atoms with Crippen molar-refractivity contribution in [3.8, 4) is 11.5 Å². The first-order valence-corrected chi connectivity index (χ1v) is 10.0. The van der Waals surface area contributed by atoms with Crippen LogP contribution in [0, 0.1) is 5.92 Å². The van der Waals surface area contributed by atoms with Gasteiger partial charge < -0.3 is 23.8 Å². The van der Waals surface area contributed by atoms with Gasteiger partial charge in [-0.05, 0) is 50.8 Å². The van der Waals surface area contributed by atoms with Gasteiger partial charge in [-0.25, -0.2) is 0 Å². The average molecular weight is 405 g/mol. The summed E-state index contributed by atoms with van der Waals surface area (Å²) >= 11 is 0. The van der Waals surface area contributed by atoms with Crippen molar-refractivity contribution in [2.24, 2.45) is 5.92 Å². The van der Waals surface area contributed by atoms with E-state index in [9.17, 15) is 14.4 Å². The first-order chi connectivity index (χ1) is 14.0. The monoisotopic (exact) mass is 405 g/mol. The van der Waals surface area contributed by atoms with Crippen LogP contribution in [-0.4, -0.2) is 55.3 Å². The smallest absolute Gasteiger partial charge is 0.309 e. The van der Waals surface area contributed by atoms with Crippen LogP contribution in [0.5, 0.6) is 11.5 Å². The zero-order chi connectivity index (χ0) is 20.8. The van der Waals surface area contributed by atoms with Crippen LogP contribution in [0.4, 0.5) is 0 Å². The number of fused-ring (bicyclic) bond motifs is 1. The van der Waals surface area contributed by atoms with Crippen LogP contribution in [0.3, 0.4) is 0 Å². The van der Waals surface area contributed by atoms with Gasteiger partial charge in [0.15, 0.2) is 17.6 Å². The topological polar surface area (TPSA) is 91.4 Å². The highest BCUT2D eigenvalue weighted by atomic mass is 16.7. The van der Waals surface area contributed by atoms with Crippen LogP contribution in [0.2, 0.25) is 0 Å². The number of benzene rings is 1. The van der Waals surface area contributed by atoms with Crippen LogP contribution < -0.4 is 9.47 Å². The Hall–Kier alpha value is -2.77. The van der Waals surface area contributed by atoms with Crippen LogP contribution in [0.15, 0.2) is 18.2 Å². The van der Waals surface area contributed by atoms with Gasteiger partial charge in [-0.3, -0.25) is 14.4 Å². The molecule has 0 spiro atoms. The lowest BCUT2D eigenvalue weighted by Crippen LogP contribution is -2.45. The number of piperidine rings is 1. The lowest BCUT2D eigenvalue weighted by atomic mass is 9.97. The third kappa shape index (κ3) is 5.40. The van der Waals surface area contributed by atoms with Crippen molar-refractivity contribution in [1.82, 2.24) is 4.90 Å². The molecule has 2 aliphatic heterocycles. The van der Waals surface area contributed by atoms with Gasteiger partial charge in [0.2, 0.25) is 6.79 Å². The fraction of sp³-hybridized carbons (Fsp3) is 0.571. The molecule has 1 unspecified atom stereocenters. The Bertz CT molecular complexity index is 755. The van der Waals surface area contributed by atoms with Crippen LogP contribution in [0.1, 0.15) is 38.7 Å². The Kier molecular flexibility index (Phi) is 6.95. The van der Waals surface area contributed by atoms with Crippen LogP contribution in [-0.2, 0) is 30.3 Å². The van der Waals surface area contributed by atoms with E-state index in [0.29, 0.717) is 50.5 Å². The molecule has 2 heterocycles. The molecule has 1 aromatic carbocycles. The highest BCUT2D eigenvalue weighted by molar-refractivity contribution is 5.84. The van der Waals surface area contributed by atoms with Gasteiger partial charge in [-0.2, -0.15) is 0 Å². The van der Waals surface area contributed by atoms with Gasteiger partial charge >= 0.3 is 11.9 Å². The zero-order valence-electron chi connectivity index (χ0n) is 16.8. The summed E-state index contributed by atoms with van der Waals surface area (Å²) in [5.74, 6) is 0.336. The standard InChI is InChI=1S/C21H27NO7/c1-3-26-21(25)16-8-10-22(11-9-16)20(24)14(2)29-19(23)7-5-15-4-6-17-18(12-15)28-13-27-17/h4,6,12,14,16H,3,5,7-11,13H2,1-2H3. The van der Waals surface area contributed by atoms with Crippen LogP contribution in [0.25, 0.3) is 0 Å². The maximum Gasteiger partial charge on any atom is 0.309 e. The highest BCUT2D eigenvalue weighted by Crippen LogP contribution is 2.32. The molecule has 1 aromatic rings. The molecule has 158 valence electrons. The number of amides is 1. The summed E-state index contributed by atoms with van der Waals surface area (Å²) in [6.45, 7) is 4.84. The molecule has 8 heteroatoms. The number of carbonyl (C=O) groups is 3. The summed E-state index contributed by atoms with van der Waals surface area (Å²) in [6, 6.07) is 5.54. The number of rotatable bonds is 7. The molecule has 0 N–H and O–H groups in total. The van der Waals surface area contributed by atoms with Gasteiger partial charge in [0.1, 0.15) is 0 Å². The van der Waals surface area contributed by atoms with E-state index in [2.05, 4.69) is 0 Å². The summed E-state index contributed by atoms with van der Waals surface area (Å²) in [5.41, 5.74) is 0.936. The van der Waals surface area contributed by atoms with E-state index in [1.165, 1.54) is 0 Å². The molecular formula is C21H27NO7. The molecule has 0 radical (unpaired) electrons. The number of hydrogen-bond donors (Lipinski definition) is 0. The molecule has 3 rings (SSSR count). The molecule has 0 saturated carbocycles. The first kappa shape index (κ1) is 21.0. The summed E-state index contributed by atoms with van der Waals surface area (Å²) in [7, 11) is 0. The fourth-order valence-electron chi connectivity index (χ4n) is 3.50. The molecular weight excluding hydrogens is 378 g/mol. The lowest BCUT2D eigenvalue weighted by molar-refractivity contribution is -0.160. The van der Waals surface area contributed by atoms with Crippen molar-refractivity contribution in [2.45, 2.75) is 45.6 Å².